The summed E-state index contributed by atoms with van der Waals surface area (Å²) >= 11 is 0. The second-order valence-electron chi connectivity index (χ2n) is 4.17. The fourth-order valence-electron chi connectivity index (χ4n) is 1.87. The molecular formula is C15H11N3O3. The van der Waals surface area contributed by atoms with Gasteiger partial charge in [-0.1, -0.05) is 18.2 Å². The molecule has 0 atom stereocenters. The van der Waals surface area contributed by atoms with Crippen LogP contribution in [0.5, 0.6) is 11.6 Å². The highest BCUT2D eigenvalue weighted by molar-refractivity contribution is 5.87. The summed E-state index contributed by atoms with van der Waals surface area (Å²) in [6.45, 7) is 0. The van der Waals surface area contributed by atoms with Crippen molar-refractivity contribution in [1.82, 2.24) is 15.0 Å². The lowest BCUT2D eigenvalue weighted by Gasteiger charge is -2.07. The number of methoxy groups -OCH3 is 1. The third-order valence-electron chi connectivity index (χ3n) is 2.82. The molecule has 0 radical (unpaired) electrons. The summed E-state index contributed by atoms with van der Waals surface area (Å²) in [7, 11) is 1.28. The minimum absolute atomic E-state index is 0.0863. The maximum Gasteiger partial charge on any atom is 0.358 e. The molecular weight excluding hydrogens is 270 g/mol. The van der Waals surface area contributed by atoms with Crippen LogP contribution in [0.4, 0.5) is 0 Å². The Bertz CT molecular complexity index is 800. The molecule has 0 aliphatic rings. The van der Waals surface area contributed by atoms with Gasteiger partial charge in [-0.15, -0.1) is 0 Å². The van der Waals surface area contributed by atoms with Gasteiger partial charge in [0.2, 0.25) is 5.88 Å². The van der Waals surface area contributed by atoms with E-state index >= 15 is 0 Å². The summed E-state index contributed by atoms with van der Waals surface area (Å²) in [6.07, 6.45) is 4.43. The van der Waals surface area contributed by atoms with E-state index in [-0.39, 0.29) is 11.6 Å². The van der Waals surface area contributed by atoms with Crippen molar-refractivity contribution in [2.24, 2.45) is 0 Å². The molecule has 6 heteroatoms. The Balaban J connectivity index is 1.97. The predicted octanol–water partition coefficient (Wildman–Crippen LogP) is 2.60. The zero-order valence-corrected chi connectivity index (χ0v) is 11.2. The quantitative estimate of drug-likeness (QED) is 0.687. The van der Waals surface area contributed by atoms with Crippen LogP contribution in [-0.4, -0.2) is 28.0 Å². The first-order valence-corrected chi connectivity index (χ1v) is 6.20. The normalized spacial score (nSPS) is 10.3. The van der Waals surface area contributed by atoms with Crippen molar-refractivity contribution in [3.05, 3.63) is 54.6 Å². The van der Waals surface area contributed by atoms with Gasteiger partial charge in [0.1, 0.15) is 5.52 Å². The first kappa shape index (κ1) is 13.0. The highest BCUT2D eigenvalue weighted by atomic mass is 16.5. The van der Waals surface area contributed by atoms with Crippen molar-refractivity contribution < 1.29 is 14.3 Å². The second-order valence-corrected chi connectivity index (χ2v) is 4.17. The molecule has 6 nitrogen and oxygen atoms in total. The largest absolute Gasteiger partial charge is 0.464 e. The molecule has 0 saturated carbocycles. The molecule has 0 amide bonds. The van der Waals surface area contributed by atoms with E-state index in [2.05, 4.69) is 19.7 Å². The van der Waals surface area contributed by atoms with Gasteiger partial charge < -0.3 is 9.47 Å². The zero-order valence-electron chi connectivity index (χ0n) is 11.2. The number of ether oxygens (including phenoxy) is 2. The number of fused-ring (bicyclic) bond motifs is 1. The summed E-state index contributed by atoms with van der Waals surface area (Å²) in [5, 5.41) is 0.951. The van der Waals surface area contributed by atoms with E-state index in [1.807, 2.05) is 24.3 Å². The van der Waals surface area contributed by atoms with Crippen molar-refractivity contribution in [1.29, 1.82) is 0 Å². The van der Waals surface area contributed by atoms with E-state index in [1.165, 1.54) is 19.5 Å². The number of pyridine rings is 1. The third kappa shape index (κ3) is 2.64. The number of nitrogens with zero attached hydrogens (tertiary/aromatic N) is 3. The molecule has 104 valence electrons. The van der Waals surface area contributed by atoms with E-state index < -0.39 is 5.97 Å². The van der Waals surface area contributed by atoms with Crippen molar-refractivity contribution in [2.75, 3.05) is 7.11 Å². The van der Waals surface area contributed by atoms with E-state index in [1.54, 1.807) is 12.3 Å². The summed E-state index contributed by atoms with van der Waals surface area (Å²) in [5.74, 6) is 0.185. The van der Waals surface area contributed by atoms with Crippen molar-refractivity contribution >= 4 is 16.9 Å². The molecule has 2 heterocycles. The Morgan fingerprint density at radius 1 is 1.14 bits per heavy atom. The van der Waals surface area contributed by atoms with Gasteiger partial charge in [-0.05, 0) is 12.1 Å². The Labute approximate surface area is 120 Å². The highest BCUT2D eigenvalue weighted by Crippen LogP contribution is 2.26. The lowest BCUT2D eigenvalue weighted by molar-refractivity contribution is 0.0592. The molecule has 0 bridgehead atoms. The molecule has 0 aliphatic carbocycles. The lowest BCUT2D eigenvalue weighted by Crippen LogP contribution is -2.05. The van der Waals surface area contributed by atoms with Gasteiger partial charge in [0.05, 0.1) is 19.5 Å². The van der Waals surface area contributed by atoms with E-state index in [4.69, 9.17) is 4.74 Å². The maximum atomic E-state index is 11.4. The molecule has 0 saturated heterocycles. The van der Waals surface area contributed by atoms with Crippen molar-refractivity contribution in [2.45, 2.75) is 0 Å². The maximum absolute atomic E-state index is 11.4. The van der Waals surface area contributed by atoms with Crippen LogP contribution in [0.2, 0.25) is 0 Å². The van der Waals surface area contributed by atoms with Crippen LogP contribution in [0.25, 0.3) is 10.9 Å². The van der Waals surface area contributed by atoms with Gasteiger partial charge in [0.25, 0.3) is 0 Å². The monoisotopic (exact) mass is 281 g/mol. The number of hydrogen-bond donors (Lipinski definition) is 0. The molecule has 2 aromatic heterocycles. The number of hydrogen-bond acceptors (Lipinski definition) is 6. The Morgan fingerprint density at radius 2 is 2.00 bits per heavy atom. The minimum Gasteiger partial charge on any atom is -0.464 e. The van der Waals surface area contributed by atoms with Crippen LogP contribution in [0.1, 0.15) is 10.5 Å². The Morgan fingerprint density at radius 3 is 2.86 bits per heavy atom. The zero-order chi connectivity index (χ0) is 14.7. The summed E-state index contributed by atoms with van der Waals surface area (Å²) in [5.41, 5.74) is 0.800. The number of benzene rings is 1. The molecule has 0 aliphatic heterocycles. The minimum atomic E-state index is -0.566. The topological polar surface area (TPSA) is 74.2 Å². The van der Waals surface area contributed by atoms with Crippen LogP contribution >= 0.6 is 0 Å². The molecule has 3 aromatic rings. The average molecular weight is 281 g/mol. The number of aromatic nitrogens is 3. The number of carbonyl (C=O) groups excluding carboxylic acids is 1. The summed E-state index contributed by atoms with van der Waals surface area (Å²) in [6, 6.07) is 9.36. The fraction of sp³-hybridized carbons (Fsp3) is 0.0667. The van der Waals surface area contributed by atoms with Gasteiger partial charge in [-0.2, -0.15) is 0 Å². The SMILES string of the molecule is COC(=O)c1cncc(Oc2cccc3cccnc23)n1. The Hall–Kier alpha value is -3.02. The van der Waals surface area contributed by atoms with Crippen LogP contribution < -0.4 is 4.74 Å². The number of carbonyl (C=O) groups is 1. The summed E-state index contributed by atoms with van der Waals surface area (Å²) < 4.78 is 10.3. The molecule has 0 unspecified atom stereocenters. The number of esters is 1. The van der Waals surface area contributed by atoms with Gasteiger partial charge in [0, 0.05) is 11.6 Å². The Kier molecular flexibility index (Phi) is 3.42. The predicted molar refractivity (Wildman–Crippen MR) is 75.2 cm³/mol. The van der Waals surface area contributed by atoms with E-state index in [0.29, 0.717) is 11.3 Å². The van der Waals surface area contributed by atoms with Gasteiger partial charge in [-0.25, -0.2) is 9.78 Å². The summed E-state index contributed by atoms with van der Waals surface area (Å²) in [4.78, 5) is 23.7. The number of para-hydroxylation sites is 1. The first-order chi connectivity index (χ1) is 10.3. The van der Waals surface area contributed by atoms with Crippen LogP contribution in [-0.2, 0) is 4.74 Å². The smallest absolute Gasteiger partial charge is 0.358 e. The lowest BCUT2D eigenvalue weighted by atomic mass is 10.2. The molecule has 21 heavy (non-hydrogen) atoms. The third-order valence-corrected chi connectivity index (χ3v) is 2.82. The van der Waals surface area contributed by atoms with Gasteiger partial charge in [-0.3, -0.25) is 9.97 Å². The number of rotatable bonds is 3. The molecule has 3 rings (SSSR count). The van der Waals surface area contributed by atoms with Crippen LogP contribution in [0, 0.1) is 0 Å². The van der Waals surface area contributed by atoms with Crippen molar-refractivity contribution in [3.63, 3.8) is 0 Å². The van der Waals surface area contributed by atoms with Gasteiger partial charge in [0.15, 0.2) is 11.4 Å². The first-order valence-electron chi connectivity index (χ1n) is 6.20. The molecule has 1 aromatic carbocycles. The van der Waals surface area contributed by atoms with Gasteiger partial charge >= 0.3 is 5.97 Å². The molecule has 0 spiro atoms. The van der Waals surface area contributed by atoms with Crippen LogP contribution in [0.3, 0.4) is 0 Å². The molecule has 0 N–H and O–H groups in total. The second kappa shape index (κ2) is 5.54. The van der Waals surface area contributed by atoms with E-state index in [0.717, 1.165) is 5.39 Å². The van der Waals surface area contributed by atoms with Crippen LogP contribution in [0.15, 0.2) is 48.9 Å². The standard InChI is InChI=1S/C15H11N3O3/c1-20-15(19)11-8-16-9-13(18-11)21-12-6-2-4-10-5-3-7-17-14(10)12/h2-9H,1H3. The molecule has 0 fully saturated rings. The highest BCUT2D eigenvalue weighted by Gasteiger charge is 2.11. The van der Waals surface area contributed by atoms with E-state index in [9.17, 15) is 4.79 Å². The van der Waals surface area contributed by atoms with Crippen molar-refractivity contribution in [3.8, 4) is 11.6 Å². The fourth-order valence-corrected chi connectivity index (χ4v) is 1.87. The average Bonchev–Trinajstić information content (AvgIpc) is 2.55.